The number of amides is 1. The van der Waals surface area contributed by atoms with Gasteiger partial charge in [0.1, 0.15) is 18.0 Å². The molecule has 4 aromatic rings. The van der Waals surface area contributed by atoms with Crippen LogP contribution in [-0.2, 0) is 11.3 Å². The van der Waals surface area contributed by atoms with Gasteiger partial charge in [-0.3, -0.25) is 14.2 Å². The van der Waals surface area contributed by atoms with Crippen molar-refractivity contribution < 1.29 is 14.3 Å². The van der Waals surface area contributed by atoms with E-state index in [0.29, 0.717) is 10.9 Å². The molecule has 0 atom stereocenters. The van der Waals surface area contributed by atoms with Crippen molar-refractivity contribution in [2.75, 3.05) is 14.2 Å². The summed E-state index contributed by atoms with van der Waals surface area (Å²) in [6.07, 6.45) is 1.42. The van der Waals surface area contributed by atoms with Gasteiger partial charge >= 0.3 is 0 Å². The molecule has 1 aromatic heterocycles. The lowest BCUT2D eigenvalue weighted by Gasteiger charge is -2.21. The number of hydrogen-bond donors (Lipinski definition) is 1. The zero-order valence-corrected chi connectivity index (χ0v) is 18.7. The molecule has 33 heavy (non-hydrogen) atoms. The average molecular weight is 444 g/mol. The molecule has 0 bridgehead atoms. The van der Waals surface area contributed by atoms with Crippen molar-refractivity contribution in [1.29, 1.82) is 0 Å². The highest BCUT2D eigenvalue weighted by molar-refractivity contribution is 5.81. The van der Waals surface area contributed by atoms with Gasteiger partial charge in [0.15, 0.2) is 0 Å². The van der Waals surface area contributed by atoms with Gasteiger partial charge in [-0.15, -0.1) is 0 Å². The van der Waals surface area contributed by atoms with Crippen LogP contribution in [-0.4, -0.2) is 29.7 Å². The lowest BCUT2D eigenvalue weighted by atomic mass is 9.98. The van der Waals surface area contributed by atoms with Crippen LogP contribution in [0, 0.1) is 6.92 Å². The van der Waals surface area contributed by atoms with Gasteiger partial charge < -0.3 is 14.8 Å². The predicted octanol–water partition coefficient (Wildman–Crippen LogP) is 3.63. The second-order valence-corrected chi connectivity index (χ2v) is 7.70. The zero-order chi connectivity index (χ0) is 23.4. The maximum absolute atomic E-state index is 13.0. The molecule has 0 radical (unpaired) electrons. The van der Waals surface area contributed by atoms with E-state index < -0.39 is 6.04 Å². The summed E-state index contributed by atoms with van der Waals surface area (Å²) in [5.41, 5.74) is 3.08. The summed E-state index contributed by atoms with van der Waals surface area (Å²) in [5, 5.41) is 3.54. The highest BCUT2D eigenvalue weighted by atomic mass is 16.5. The van der Waals surface area contributed by atoms with Crippen LogP contribution in [0.3, 0.4) is 0 Å². The first kappa shape index (κ1) is 22.1. The third-order valence-electron chi connectivity index (χ3n) is 5.57. The molecule has 7 heteroatoms. The van der Waals surface area contributed by atoms with Crippen LogP contribution in [0.15, 0.2) is 77.9 Å². The Morgan fingerprint density at radius 2 is 1.52 bits per heavy atom. The normalized spacial score (nSPS) is 10.9. The molecule has 1 amide bonds. The lowest BCUT2D eigenvalue weighted by Crippen LogP contribution is -2.35. The Kier molecular flexibility index (Phi) is 6.40. The monoisotopic (exact) mass is 443 g/mol. The van der Waals surface area contributed by atoms with E-state index in [4.69, 9.17) is 9.47 Å². The van der Waals surface area contributed by atoms with Gasteiger partial charge in [0.05, 0.1) is 37.5 Å². The molecule has 0 aliphatic carbocycles. The van der Waals surface area contributed by atoms with Crippen LogP contribution in [0.1, 0.15) is 22.7 Å². The fraction of sp³-hybridized carbons (Fsp3) is 0.192. The van der Waals surface area contributed by atoms with Crippen molar-refractivity contribution in [2.24, 2.45) is 0 Å². The maximum Gasteiger partial charge on any atom is 0.261 e. The quantitative estimate of drug-likeness (QED) is 0.472. The van der Waals surface area contributed by atoms with E-state index in [0.717, 1.165) is 28.2 Å². The number of ether oxygens (including phenoxy) is 2. The number of aryl methyl sites for hydroxylation is 1. The lowest BCUT2D eigenvalue weighted by molar-refractivity contribution is -0.122. The standard InChI is InChI=1S/C26H25N3O4/c1-17-5-4-6-22-24(17)27-16-29(26(22)31)15-23(30)28-25(18-7-11-20(32-2)12-8-18)19-9-13-21(33-3)14-10-19/h4-14,16,25H,15H2,1-3H3,(H,28,30). The van der Waals surface area contributed by atoms with Crippen molar-refractivity contribution >= 4 is 16.8 Å². The fourth-order valence-electron chi connectivity index (χ4n) is 3.76. The van der Waals surface area contributed by atoms with E-state index in [9.17, 15) is 9.59 Å². The minimum absolute atomic E-state index is 0.140. The van der Waals surface area contributed by atoms with Crippen molar-refractivity contribution in [1.82, 2.24) is 14.9 Å². The van der Waals surface area contributed by atoms with Gasteiger partial charge in [-0.1, -0.05) is 36.4 Å². The van der Waals surface area contributed by atoms with E-state index in [2.05, 4.69) is 10.3 Å². The van der Waals surface area contributed by atoms with Crippen molar-refractivity contribution in [2.45, 2.75) is 19.5 Å². The Labute approximate surface area is 191 Å². The fourth-order valence-corrected chi connectivity index (χ4v) is 3.76. The smallest absolute Gasteiger partial charge is 0.261 e. The molecule has 4 rings (SSSR count). The molecule has 0 saturated heterocycles. The van der Waals surface area contributed by atoms with Gasteiger partial charge in [0.25, 0.3) is 5.56 Å². The molecule has 0 aliphatic rings. The van der Waals surface area contributed by atoms with E-state index >= 15 is 0 Å². The molecule has 0 unspecified atom stereocenters. The number of carbonyl (C=O) groups is 1. The van der Waals surface area contributed by atoms with E-state index in [-0.39, 0.29) is 18.0 Å². The molecule has 3 aromatic carbocycles. The highest BCUT2D eigenvalue weighted by Crippen LogP contribution is 2.26. The Bertz CT molecular complexity index is 1280. The molecule has 168 valence electrons. The van der Waals surface area contributed by atoms with Gasteiger partial charge in [-0.2, -0.15) is 0 Å². The molecule has 0 fully saturated rings. The van der Waals surface area contributed by atoms with Crippen molar-refractivity contribution in [3.05, 3.63) is 100 Å². The molecule has 1 heterocycles. The second-order valence-electron chi connectivity index (χ2n) is 7.70. The molecular weight excluding hydrogens is 418 g/mol. The first-order chi connectivity index (χ1) is 16.0. The van der Waals surface area contributed by atoms with Gasteiger partial charge in [-0.05, 0) is 53.9 Å². The number of hydrogen-bond acceptors (Lipinski definition) is 5. The number of nitrogens with one attached hydrogen (secondary N) is 1. The number of fused-ring (bicyclic) bond motifs is 1. The summed E-state index contributed by atoms with van der Waals surface area (Å²) in [6, 6.07) is 20.0. The zero-order valence-electron chi connectivity index (χ0n) is 18.7. The molecule has 0 aliphatic heterocycles. The number of aromatic nitrogens is 2. The first-order valence-corrected chi connectivity index (χ1v) is 10.5. The van der Waals surface area contributed by atoms with Crippen LogP contribution >= 0.6 is 0 Å². The number of para-hydroxylation sites is 1. The van der Waals surface area contributed by atoms with Gasteiger partial charge in [0, 0.05) is 0 Å². The Balaban J connectivity index is 1.62. The van der Waals surface area contributed by atoms with Crippen LogP contribution in [0.25, 0.3) is 10.9 Å². The largest absolute Gasteiger partial charge is 0.497 e. The van der Waals surface area contributed by atoms with Crippen LogP contribution < -0.4 is 20.3 Å². The van der Waals surface area contributed by atoms with Crippen molar-refractivity contribution in [3.63, 3.8) is 0 Å². The van der Waals surface area contributed by atoms with Gasteiger partial charge in [-0.25, -0.2) is 4.98 Å². The Hall–Kier alpha value is -4.13. The summed E-state index contributed by atoms with van der Waals surface area (Å²) in [6.45, 7) is 1.76. The number of benzene rings is 3. The summed E-state index contributed by atoms with van der Waals surface area (Å²) in [4.78, 5) is 30.3. The van der Waals surface area contributed by atoms with E-state index in [1.807, 2.05) is 67.6 Å². The van der Waals surface area contributed by atoms with Crippen LogP contribution in [0.5, 0.6) is 11.5 Å². The Morgan fingerprint density at radius 1 is 0.939 bits per heavy atom. The van der Waals surface area contributed by atoms with Crippen LogP contribution in [0.2, 0.25) is 0 Å². The summed E-state index contributed by atoms with van der Waals surface area (Å²) in [5.74, 6) is 1.15. The SMILES string of the molecule is COc1ccc(C(NC(=O)Cn2cnc3c(C)cccc3c2=O)c2ccc(OC)cc2)cc1. The molecule has 0 spiro atoms. The third-order valence-corrected chi connectivity index (χ3v) is 5.57. The van der Waals surface area contributed by atoms with E-state index in [1.54, 1.807) is 20.3 Å². The molecular formula is C26H25N3O4. The average Bonchev–Trinajstić information content (AvgIpc) is 2.85. The number of nitrogens with zero attached hydrogens (tertiary/aromatic N) is 2. The Morgan fingerprint density at radius 3 is 2.06 bits per heavy atom. The predicted molar refractivity (Wildman–Crippen MR) is 127 cm³/mol. The number of methoxy groups -OCH3 is 2. The van der Waals surface area contributed by atoms with Gasteiger partial charge in [0.2, 0.25) is 5.91 Å². The first-order valence-electron chi connectivity index (χ1n) is 10.5. The summed E-state index contributed by atoms with van der Waals surface area (Å²) >= 11 is 0. The minimum atomic E-state index is -0.416. The summed E-state index contributed by atoms with van der Waals surface area (Å²) < 4.78 is 11.8. The highest BCUT2D eigenvalue weighted by Gasteiger charge is 2.18. The minimum Gasteiger partial charge on any atom is -0.497 e. The summed E-state index contributed by atoms with van der Waals surface area (Å²) in [7, 11) is 3.21. The topological polar surface area (TPSA) is 82.5 Å². The molecule has 1 N–H and O–H groups in total. The van der Waals surface area contributed by atoms with Crippen LogP contribution in [0.4, 0.5) is 0 Å². The van der Waals surface area contributed by atoms with E-state index in [1.165, 1.54) is 10.9 Å². The number of rotatable bonds is 7. The molecule has 7 nitrogen and oxygen atoms in total. The molecule has 0 saturated carbocycles. The maximum atomic E-state index is 13.0. The third kappa shape index (κ3) is 4.72. The second kappa shape index (κ2) is 9.56. The number of carbonyl (C=O) groups excluding carboxylic acids is 1. The van der Waals surface area contributed by atoms with Crippen molar-refractivity contribution in [3.8, 4) is 11.5 Å².